The van der Waals surface area contributed by atoms with Crippen molar-refractivity contribution < 1.29 is 9.47 Å². The number of nitrogens with two attached hydrogens (primary N) is 1. The van der Waals surface area contributed by atoms with Gasteiger partial charge in [-0.15, -0.1) is 37.2 Å². The van der Waals surface area contributed by atoms with Gasteiger partial charge in [-0.05, 0) is 53.8 Å². The number of ether oxygens (including phenoxy) is 2. The Morgan fingerprint density at radius 1 is 0.706 bits per heavy atom. The Hall–Kier alpha value is -1.99. The van der Waals surface area contributed by atoms with E-state index in [0.717, 1.165) is 37.5 Å². The summed E-state index contributed by atoms with van der Waals surface area (Å²) in [6.07, 6.45) is -0.576. The highest BCUT2D eigenvalue weighted by molar-refractivity contribution is 5.86. The SMILES string of the molecule is Cc1ccccc1CNCc1cccc(CNCc2ccc3c(c2)OC(N)C(C)O3)c1.Cl.Cl.Cl. The van der Waals surface area contributed by atoms with Crippen LogP contribution < -0.4 is 25.8 Å². The molecule has 0 radical (unpaired) electrons. The summed E-state index contributed by atoms with van der Waals surface area (Å²) in [4.78, 5) is 0. The number of rotatable bonds is 8. The predicted molar refractivity (Wildman–Crippen MR) is 146 cm³/mol. The number of hydrogen-bond donors (Lipinski definition) is 3. The Bertz CT molecular complexity index is 1040. The van der Waals surface area contributed by atoms with Crippen LogP contribution in [0.3, 0.4) is 0 Å². The topological polar surface area (TPSA) is 68.5 Å². The molecule has 34 heavy (non-hydrogen) atoms. The Labute approximate surface area is 221 Å². The second kappa shape index (κ2) is 14.4. The lowest BCUT2D eigenvalue weighted by atomic mass is 10.1. The third-order valence-electron chi connectivity index (χ3n) is 5.60. The fraction of sp³-hybridized carbons (Fsp3) is 0.308. The maximum Gasteiger partial charge on any atom is 0.184 e. The minimum Gasteiger partial charge on any atom is -0.481 e. The van der Waals surface area contributed by atoms with Crippen molar-refractivity contribution in [1.82, 2.24) is 10.6 Å². The molecule has 4 N–H and O–H groups in total. The van der Waals surface area contributed by atoms with E-state index in [1.54, 1.807) is 0 Å². The minimum absolute atomic E-state index is 0. The average Bonchev–Trinajstić information content (AvgIpc) is 2.76. The standard InChI is InChI=1S/C26H31N3O2.3ClH/c1-18-6-3-4-9-23(18)17-29-15-21-8-5-7-20(12-21)14-28-16-22-10-11-24-25(13-22)31-26(27)19(2)30-24;;;/h3-13,19,26,28-29H,14-17,27H2,1-2H3;3*1H. The normalized spacial score (nSPS) is 16.0. The summed E-state index contributed by atoms with van der Waals surface area (Å²) in [7, 11) is 0. The molecule has 0 amide bonds. The van der Waals surface area contributed by atoms with Gasteiger partial charge >= 0.3 is 0 Å². The number of fused-ring (bicyclic) bond motifs is 1. The molecule has 8 heteroatoms. The Kier molecular flexibility index (Phi) is 12.7. The van der Waals surface area contributed by atoms with Crippen molar-refractivity contribution >= 4 is 37.2 Å². The molecule has 0 bridgehead atoms. The van der Waals surface area contributed by atoms with Crippen molar-refractivity contribution in [1.29, 1.82) is 0 Å². The van der Waals surface area contributed by atoms with Crippen molar-refractivity contribution in [2.75, 3.05) is 0 Å². The fourth-order valence-corrected chi connectivity index (χ4v) is 3.71. The van der Waals surface area contributed by atoms with Gasteiger partial charge in [-0.1, -0.05) is 54.6 Å². The molecular weight excluding hydrogens is 493 g/mol. The molecule has 0 fully saturated rings. The lowest BCUT2D eigenvalue weighted by Crippen LogP contribution is -2.44. The van der Waals surface area contributed by atoms with Crippen LogP contribution in [0.2, 0.25) is 0 Å². The van der Waals surface area contributed by atoms with Crippen LogP contribution in [0.1, 0.15) is 34.7 Å². The molecule has 0 saturated carbocycles. The quantitative estimate of drug-likeness (QED) is 0.372. The van der Waals surface area contributed by atoms with Crippen molar-refractivity contribution in [3.63, 3.8) is 0 Å². The molecule has 3 aromatic rings. The van der Waals surface area contributed by atoms with Crippen LogP contribution in [0.4, 0.5) is 0 Å². The van der Waals surface area contributed by atoms with Gasteiger partial charge in [-0.3, -0.25) is 5.73 Å². The zero-order valence-electron chi connectivity index (χ0n) is 19.5. The smallest absolute Gasteiger partial charge is 0.184 e. The highest BCUT2D eigenvalue weighted by atomic mass is 35.5. The Balaban J connectivity index is 0.00000193. The summed E-state index contributed by atoms with van der Waals surface area (Å²) in [6, 6.07) is 23.2. The van der Waals surface area contributed by atoms with Crippen LogP contribution in [0.25, 0.3) is 0 Å². The van der Waals surface area contributed by atoms with Crippen LogP contribution in [-0.4, -0.2) is 12.3 Å². The second-order valence-corrected chi connectivity index (χ2v) is 8.14. The molecule has 5 nitrogen and oxygen atoms in total. The van der Waals surface area contributed by atoms with Gasteiger partial charge in [0, 0.05) is 26.2 Å². The van der Waals surface area contributed by atoms with Crippen LogP contribution in [0, 0.1) is 6.92 Å². The molecule has 1 aliphatic heterocycles. The first-order chi connectivity index (χ1) is 15.1. The molecule has 1 aliphatic rings. The first-order valence-corrected chi connectivity index (χ1v) is 10.8. The van der Waals surface area contributed by atoms with E-state index >= 15 is 0 Å². The van der Waals surface area contributed by atoms with Crippen LogP contribution in [-0.2, 0) is 26.2 Å². The Morgan fingerprint density at radius 3 is 2.00 bits per heavy atom. The number of hydrogen-bond acceptors (Lipinski definition) is 5. The molecule has 0 aromatic heterocycles. The molecule has 2 atom stereocenters. The molecule has 4 rings (SSSR count). The van der Waals surface area contributed by atoms with E-state index < -0.39 is 6.23 Å². The van der Waals surface area contributed by atoms with Gasteiger partial charge in [0.1, 0.15) is 6.10 Å². The van der Waals surface area contributed by atoms with Gasteiger partial charge in [-0.2, -0.15) is 0 Å². The van der Waals surface area contributed by atoms with Gasteiger partial charge < -0.3 is 20.1 Å². The fourth-order valence-electron chi connectivity index (χ4n) is 3.71. The molecule has 0 aliphatic carbocycles. The summed E-state index contributed by atoms with van der Waals surface area (Å²) in [5.74, 6) is 1.47. The highest BCUT2D eigenvalue weighted by Gasteiger charge is 2.24. The third-order valence-corrected chi connectivity index (χ3v) is 5.60. The van der Waals surface area contributed by atoms with E-state index in [-0.39, 0.29) is 43.3 Å². The summed E-state index contributed by atoms with van der Waals surface area (Å²) in [6.45, 7) is 7.34. The minimum atomic E-state index is -0.433. The maximum absolute atomic E-state index is 5.94. The predicted octanol–water partition coefficient (Wildman–Crippen LogP) is 5.28. The van der Waals surface area contributed by atoms with Crippen molar-refractivity contribution in [3.05, 3.63) is 94.5 Å². The first-order valence-electron chi connectivity index (χ1n) is 10.8. The second-order valence-electron chi connectivity index (χ2n) is 8.14. The molecule has 3 aromatic carbocycles. The Morgan fingerprint density at radius 2 is 1.32 bits per heavy atom. The van der Waals surface area contributed by atoms with Gasteiger partial charge in [0.05, 0.1) is 0 Å². The average molecular weight is 527 g/mol. The lowest BCUT2D eigenvalue weighted by Gasteiger charge is -2.29. The van der Waals surface area contributed by atoms with Crippen molar-refractivity contribution in [2.45, 2.75) is 52.4 Å². The van der Waals surface area contributed by atoms with E-state index in [9.17, 15) is 0 Å². The molecule has 186 valence electrons. The summed E-state index contributed by atoms with van der Waals surface area (Å²) < 4.78 is 11.5. The van der Waals surface area contributed by atoms with E-state index in [0.29, 0.717) is 5.75 Å². The third kappa shape index (κ3) is 8.05. The van der Waals surface area contributed by atoms with E-state index in [4.69, 9.17) is 15.2 Å². The zero-order valence-corrected chi connectivity index (χ0v) is 21.9. The van der Waals surface area contributed by atoms with Crippen molar-refractivity contribution in [3.8, 4) is 11.5 Å². The number of nitrogens with one attached hydrogen (secondary N) is 2. The van der Waals surface area contributed by atoms with E-state index in [2.05, 4.69) is 72.2 Å². The molecular formula is C26H34Cl3N3O2. The maximum atomic E-state index is 5.94. The van der Waals surface area contributed by atoms with Gasteiger partial charge in [-0.25, -0.2) is 0 Å². The van der Waals surface area contributed by atoms with Gasteiger partial charge in [0.2, 0.25) is 0 Å². The van der Waals surface area contributed by atoms with Crippen molar-refractivity contribution in [2.24, 2.45) is 5.73 Å². The number of benzene rings is 3. The van der Waals surface area contributed by atoms with Gasteiger partial charge in [0.25, 0.3) is 0 Å². The van der Waals surface area contributed by atoms with E-state index in [1.165, 1.54) is 22.3 Å². The largest absolute Gasteiger partial charge is 0.481 e. The van der Waals surface area contributed by atoms with E-state index in [1.807, 2.05) is 19.1 Å². The monoisotopic (exact) mass is 525 g/mol. The number of aryl methyl sites for hydroxylation is 1. The van der Waals surface area contributed by atoms with Gasteiger partial charge in [0.15, 0.2) is 17.7 Å². The van der Waals surface area contributed by atoms with Crippen LogP contribution in [0.15, 0.2) is 66.7 Å². The number of halogens is 3. The van der Waals surface area contributed by atoms with Crippen LogP contribution >= 0.6 is 37.2 Å². The first kappa shape index (κ1) is 30.0. The lowest BCUT2D eigenvalue weighted by molar-refractivity contribution is 0.0355. The molecule has 0 saturated heterocycles. The summed E-state index contributed by atoms with van der Waals surface area (Å²) >= 11 is 0. The molecule has 1 heterocycles. The van der Waals surface area contributed by atoms with Crippen LogP contribution in [0.5, 0.6) is 11.5 Å². The highest BCUT2D eigenvalue weighted by Crippen LogP contribution is 2.33. The summed E-state index contributed by atoms with van der Waals surface area (Å²) in [5, 5.41) is 7.06. The summed E-state index contributed by atoms with van der Waals surface area (Å²) in [5.41, 5.74) is 12.3. The molecule has 0 spiro atoms. The molecule has 2 unspecified atom stereocenters. The zero-order chi connectivity index (χ0) is 21.6.